The molecule has 0 bridgehead atoms. The van der Waals surface area contributed by atoms with E-state index in [0.29, 0.717) is 32.6 Å². The average Bonchev–Trinajstić information content (AvgIpc) is 2.55. The van der Waals surface area contributed by atoms with E-state index in [1.807, 2.05) is 25.7 Å². The van der Waals surface area contributed by atoms with Crippen LogP contribution in [0.2, 0.25) is 0 Å². The molecule has 1 aromatic rings. The van der Waals surface area contributed by atoms with Gasteiger partial charge in [0, 0.05) is 43.2 Å². The molecule has 1 aliphatic heterocycles. The molecule has 1 aromatic carbocycles. The molecule has 0 saturated carbocycles. The smallest absolute Gasteiger partial charge is 0.410 e. The van der Waals surface area contributed by atoms with E-state index in [1.165, 1.54) is 10.5 Å². The molecule has 0 N–H and O–H groups in total. The number of carbonyl (C=O) groups is 2. The standard InChI is InChI=1S/C19H28N2O3S/c1-15-5-7-16(8-6-15)25-14-9-17(22)20-10-12-21(13-11-20)18(23)24-19(2,3)4/h5-8H,9-14H2,1-4H3. The summed E-state index contributed by atoms with van der Waals surface area (Å²) in [5, 5.41) is 0. The van der Waals surface area contributed by atoms with Crippen LogP contribution >= 0.6 is 11.8 Å². The van der Waals surface area contributed by atoms with Crippen molar-refractivity contribution in [3.63, 3.8) is 0 Å². The molecule has 6 heteroatoms. The zero-order valence-electron chi connectivity index (χ0n) is 15.6. The van der Waals surface area contributed by atoms with E-state index < -0.39 is 5.60 Å². The second kappa shape index (κ2) is 8.61. The van der Waals surface area contributed by atoms with Gasteiger partial charge >= 0.3 is 6.09 Å². The summed E-state index contributed by atoms with van der Waals surface area (Å²) in [5.74, 6) is 0.928. The van der Waals surface area contributed by atoms with Gasteiger partial charge in [0.1, 0.15) is 5.60 Å². The van der Waals surface area contributed by atoms with Crippen LogP contribution in [0.5, 0.6) is 0 Å². The maximum Gasteiger partial charge on any atom is 0.410 e. The zero-order valence-corrected chi connectivity index (χ0v) is 16.4. The van der Waals surface area contributed by atoms with Gasteiger partial charge in [0.05, 0.1) is 0 Å². The van der Waals surface area contributed by atoms with Crippen molar-refractivity contribution >= 4 is 23.8 Å². The molecule has 0 unspecified atom stereocenters. The molecular weight excluding hydrogens is 336 g/mol. The van der Waals surface area contributed by atoms with Crippen LogP contribution in [-0.4, -0.2) is 59.3 Å². The maximum absolute atomic E-state index is 12.3. The van der Waals surface area contributed by atoms with Gasteiger partial charge < -0.3 is 14.5 Å². The third-order valence-electron chi connectivity index (χ3n) is 3.89. The highest BCUT2D eigenvalue weighted by Crippen LogP contribution is 2.20. The highest BCUT2D eigenvalue weighted by atomic mass is 32.2. The summed E-state index contributed by atoms with van der Waals surface area (Å²) < 4.78 is 5.38. The molecule has 0 aliphatic carbocycles. The van der Waals surface area contributed by atoms with Crippen LogP contribution in [0.25, 0.3) is 0 Å². The van der Waals surface area contributed by atoms with Crippen LogP contribution in [0.4, 0.5) is 4.79 Å². The van der Waals surface area contributed by atoms with Gasteiger partial charge in [-0.25, -0.2) is 4.79 Å². The third-order valence-corrected chi connectivity index (χ3v) is 4.90. The first-order chi connectivity index (χ1) is 11.7. The Morgan fingerprint density at radius 3 is 2.16 bits per heavy atom. The molecule has 1 saturated heterocycles. The molecule has 1 heterocycles. The van der Waals surface area contributed by atoms with E-state index in [0.717, 1.165) is 5.75 Å². The largest absolute Gasteiger partial charge is 0.444 e. The van der Waals surface area contributed by atoms with Gasteiger partial charge in [0.25, 0.3) is 0 Å². The van der Waals surface area contributed by atoms with Crippen LogP contribution in [0.3, 0.4) is 0 Å². The number of aryl methyl sites for hydroxylation is 1. The van der Waals surface area contributed by atoms with E-state index >= 15 is 0 Å². The van der Waals surface area contributed by atoms with Crippen molar-refractivity contribution < 1.29 is 14.3 Å². The highest BCUT2D eigenvalue weighted by Gasteiger charge is 2.27. The molecule has 2 amide bonds. The summed E-state index contributed by atoms with van der Waals surface area (Å²) in [6.45, 7) is 9.86. The molecule has 0 spiro atoms. The number of benzene rings is 1. The Labute approximate surface area is 154 Å². The van der Waals surface area contributed by atoms with Crippen molar-refractivity contribution in [2.45, 2.75) is 44.6 Å². The maximum atomic E-state index is 12.3. The number of nitrogens with zero attached hydrogens (tertiary/aromatic N) is 2. The SMILES string of the molecule is Cc1ccc(SCCC(=O)N2CCN(C(=O)OC(C)(C)C)CC2)cc1. The zero-order chi connectivity index (χ0) is 18.4. The minimum Gasteiger partial charge on any atom is -0.444 e. The van der Waals surface area contributed by atoms with Crippen molar-refractivity contribution in [1.82, 2.24) is 9.80 Å². The molecule has 1 aliphatic rings. The molecule has 5 nitrogen and oxygen atoms in total. The Bertz CT molecular complexity index is 588. The molecular formula is C19H28N2O3S. The van der Waals surface area contributed by atoms with Gasteiger partial charge in [-0.05, 0) is 39.8 Å². The van der Waals surface area contributed by atoms with E-state index in [-0.39, 0.29) is 12.0 Å². The summed E-state index contributed by atoms with van der Waals surface area (Å²) in [4.78, 5) is 29.1. The lowest BCUT2D eigenvalue weighted by Crippen LogP contribution is -2.51. The second-order valence-corrected chi connectivity index (χ2v) is 8.43. The predicted molar refractivity (Wildman–Crippen MR) is 101 cm³/mol. The number of hydrogen-bond donors (Lipinski definition) is 0. The number of hydrogen-bond acceptors (Lipinski definition) is 4. The van der Waals surface area contributed by atoms with Crippen LogP contribution in [0.15, 0.2) is 29.2 Å². The van der Waals surface area contributed by atoms with Gasteiger partial charge in [-0.1, -0.05) is 17.7 Å². The molecule has 0 atom stereocenters. The first-order valence-corrected chi connectivity index (χ1v) is 9.68. The molecule has 0 radical (unpaired) electrons. The molecule has 1 fully saturated rings. The Morgan fingerprint density at radius 2 is 1.60 bits per heavy atom. The van der Waals surface area contributed by atoms with Crippen molar-refractivity contribution in [2.75, 3.05) is 31.9 Å². The van der Waals surface area contributed by atoms with Gasteiger partial charge in [-0.3, -0.25) is 4.79 Å². The Kier molecular flexibility index (Phi) is 6.76. The Hall–Kier alpha value is -1.69. The lowest BCUT2D eigenvalue weighted by Gasteiger charge is -2.35. The minimum absolute atomic E-state index is 0.156. The fourth-order valence-corrected chi connectivity index (χ4v) is 3.35. The molecule has 2 rings (SSSR count). The van der Waals surface area contributed by atoms with E-state index in [4.69, 9.17) is 4.74 Å². The summed E-state index contributed by atoms with van der Waals surface area (Å²) in [7, 11) is 0. The van der Waals surface area contributed by atoms with Crippen LogP contribution in [0.1, 0.15) is 32.8 Å². The Morgan fingerprint density at radius 1 is 1.04 bits per heavy atom. The summed E-state index contributed by atoms with van der Waals surface area (Å²) >= 11 is 1.70. The molecule has 138 valence electrons. The lowest BCUT2D eigenvalue weighted by molar-refractivity contribution is -0.132. The topological polar surface area (TPSA) is 49.9 Å². The van der Waals surface area contributed by atoms with E-state index in [9.17, 15) is 9.59 Å². The number of carbonyl (C=O) groups excluding carboxylic acids is 2. The predicted octanol–water partition coefficient (Wildman–Crippen LogP) is 3.56. The number of rotatable bonds is 4. The summed E-state index contributed by atoms with van der Waals surface area (Å²) in [6, 6.07) is 8.34. The second-order valence-electron chi connectivity index (χ2n) is 7.26. The van der Waals surface area contributed by atoms with Crippen LogP contribution < -0.4 is 0 Å². The van der Waals surface area contributed by atoms with Crippen molar-refractivity contribution in [3.05, 3.63) is 29.8 Å². The van der Waals surface area contributed by atoms with Gasteiger partial charge in [0.15, 0.2) is 0 Å². The fraction of sp³-hybridized carbons (Fsp3) is 0.579. The van der Waals surface area contributed by atoms with Gasteiger partial charge in [-0.2, -0.15) is 0 Å². The number of amides is 2. The third kappa shape index (κ3) is 6.61. The fourth-order valence-electron chi connectivity index (χ4n) is 2.51. The summed E-state index contributed by atoms with van der Waals surface area (Å²) in [5.41, 5.74) is 0.750. The number of ether oxygens (including phenoxy) is 1. The average molecular weight is 365 g/mol. The highest BCUT2D eigenvalue weighted by molar-refractivity contribution is 7.99. The monoisotopic (exact) mass is 364 g/mol. The molecule has 0 aromatic heterocycles. The van der Waals surface area contributed by atoms with E-state index in [2.05, 4.69) is 31.2 Å². The first kappa shape index (κ1) is 19.6. The van der Waals surface area contributed by atoms with Gasteiger partial charge in [0.2, 0.25) is 5.91 Å². The van der Waals surface area contributed by atoms with Crippen molar-refractivity contribution in [3.8, 4) is 0 Å². The van der Waals surface area contributed by atoms with Crippen LogP contribution in [0, 0.1) is 6.92 Å². The van der Waals surface area contributed by atoms with Crippen molar-refractivity contribution in [1.29, 1.82) is 0 Å². The van der Waals surface area contributed by atoms with Crippen LogP contribution in [-0.2, 0) is 9.53 Å². The normalized spacial score (nSPS) is 15.2. The first-order valence-electron chi connectivity index (χ1n) is 8.70. The quantitative estimate of drug-likeness (QED) is 0.767. The van der Waals surface area contributed by atoms with E-state index in [1.54, 1.807) is 16.7 Å². The summed E-state index contributed by atoms with van der Waals surface area (Å²) in [6.07, 6.45) is 0.222. The van der Waals surface area contributed by atoms with Crippen molar-refractivity contribution in [2.24, 2.45) is 0 Å². The molecule has 25 heavy (non-hydrogen) atoms. The Balaban J connectivity index is 1.70. The lowest BCUT2D eigenvalue weighted by atomic mass is 10.2. The number of piperazine rings is 1. The number of thioether (sulfide) groups is 1. The minimum atomic E-state index is -0.489. The van der Waals surface area contributed by atoms with Gasteiger partial charge in [-0.15, -0.1) is 11.8 Å².